The number of piperidine rings is 1. The molecule has 3 atom stereocenters. The Morgan fingerprint density at radius 1 is 1.38 bits per heavy atom. The van der Waals surface area contributed by atoms with Crippen LogP contribution in [0.3, 0.4) is 0 Å². The number of furan rings is 1. The molecule has 0 aliphatic carbocycles. The molecule has 24 heavy (non-hydrogen) atoms. The number of carbonyl (C=O) groups excluding carboxylic acids is 1. The molecule has 0 aromatic carbocycles. The molecule has 1 fully saturated rings. The van der Waals surface area contributed by atoms with Gasteiger partial charge in [-0.3, -0.25) is 4.90 Å². The van der Waals surface area contributed by atoms with Crippen molar-refractivity contribution >= 4 is 6.03 Å². The fourth-order valence-electron chi connectivity index (χ4n) is 3.40. The summed E-state index contributed by atoms with van der Waals surface area (Å²) in [4.78, 5) is 14.5. The molecule has 0 radical (unpaired) electrons. The van der Waals surface area contributed by atoms with Crippen LogP contribution in [-0.4, -0.2) is 47.8 Å². The summed E-state index contributed by atoms with van der Waals surface area (Å²) in [5.41, 5.74) is -0.0973. The number of hydrogen-bond donors (Lipinski definition) is 3. The molecular formula is C18H31N3O3. The van der Waals surface area contributed by atoms with Gasteiger partial charge in [-0.2, -0.15) is 0 Å². The van der Waals surface area contributed by atoms with Gasteiger partial charge in [0.15, 0.2) is 0 Å². The van der Waals surface area contributed by atoms with Crippen molar-refractivity contribution in [3.63, 3.8) is 0 Å². The van der Waals surface area contributed by atoms with Crippen molar-refractivity contribution < 1.29 is 14.3 Å². The van der Waals surface area contributed by atoms with Gasteiger partial charge in [0.2, 0.25) is 0 Å². The molecule has 1 aliphatic heterocycles. The van der Waals surface area contributed by atoms with Crippen molar-refractivity contribution in [3.8, 4) is 0 Å². The molecule has 0 spiro atoms. The third kappa shape index (κ3) is 5.24. The number of aliphatic hydroxyl groups excluding tert-OH is 1. The second-order valence-corrected chi connectivity index (χ2v) is 7.76. The van der Waals surface area contributed by atoms with Gasteiger partial charge in [-0.1, -0.05) is 13.8 Å². The lowest BCUT2D eigenvalue weighted by molar-refractivity contribution is 0.0471. The average Bonchev–Trinajstić information content (AvgIpc) is 3.04. The van der Waals surface area contributed by atoms with Crippen LogP contribution in [0.4, 0.5) is 4.79 Å². The number of hydrogen-bond acceptors (Lipinski definition) is 4. The number of urea groups is 1. The summed E-state index contributed by atoms with van der Waals surface area (Å²) in [6.45, 7) is 11.7. The van der Waals surface area contributed by atoms with E-state index in [-0.39, 0.29) is 18.1 Å². The minimum absolute atomic E-state index is 0.0973. The first kappa shape index (κ1) is 18.8. The monoisotopic (exact) mass is 337 g/mol. The maximum Gasteiger partial charge on any atom is 0.314 e. The number of aliphatic hydroxyl groups is 1. The lowest BCUT2D eigenvalue weighted by atomic mass is 9.88. The van der Waals surface area contributed by atoms with Gasteiger partial charge in [-0.15, -0.1) is 0 Å². The number of nitrogens with one attached hydrogen (secondary N) is 2. The first-order valence-electron chi connectivity index (χ1n) is 8.76. The van der Waals surface area contributed by atoms with Gasteiger partial charge < -0.3 is 20.2 Å². The fraction of sp³-hybridized carbons (Fsp3) is 0.722. The van der Waals surface area contributed by atoms with Gasteiger partial charge in [0.05, 0.1) is 12.8 Å². The van der Waals surface area contributed by atoms with Crippen LogP contribution in [0.15, 0.2) is 22.8 Å². The lowest BCUT2D eigenvalue weighted by Crippen LogP contribution is -2.57. The molecule has 6 heteroatoms. The first-order chi connectivity index (χ1) is 11.3. The Kier molecular flexibility index (Phi) is 6.29. The summed E-state index contributed by atoms with van der Waals surface area (Å²) in [5, 5.41) is 15.5. The van der Waals surface area contributed by atoms with E-state index >= 15 is 0 Å². The summed E-state index contributed by atoms with van der Waals surface area (Å²) < 4.78 is 5.11. The highest BCUT2D eigenvalue weighted by Gasteiger charge is 2.32. The number of likely N-dealkylation sites (tertiary alicyclic amines) is 1. The molecule has 3 N–H and O–H groups in total. The number of amides is 2. The van der Waals surface area contributed by atoms with E-state index in [0.717, 1.165) is 13.1 Å². The molecule has 2 heterocycles. The van der Waals surface area contributed by atoms with E-state index in [1.807, 2.05) is 0 Å². The van der Waals surface area contributed by atoms with Crippen LogP contribution in [0, 0.1) is 11.8 Å². The molecule has 3 unspecified atom stereocenters. The Bertz CT molecular complexity index is 506. The van der Waals surface area contributed by atoms with Crippen LogP contribution in [-0.2, 0) is 0 Å². The molecule has 6 nitrogen and oxygen atoms in total. The molecule has 1 saturated heterocycles. The molecule has 2 rings (SSSR count). The molecule has 1 aromatic heterocycles. The smallest absolute Gasteiger partial charge is 0.314 e. The number of nitrogens with zero attached hydrogens (tertiary/aromatic N) is 1. The lowest BCUT2D eigenvalue weighted by Gasteiger charge is -2.45. The van der Waals surface area contributed by atoms with Crippen molar-refractivity contribution in [3.05, 3.63) is 24.2 Å². The van der Waals surface area contributed by atoms with Gasteiger partial charge in [-0.25, -0.2) is 4.79 Å². The summed E-state index contributed by atoms with van der Waals surface area (Å²) in [7, 11) is 0. The number of carbonyl (C=O) groups is 1. The van der Waals surface area contributed by atoms with Crippen LogP contribution in [0.1, 0.15) is 46.0 Å². The Morgan fingerprint density at radius 2 is 2.04 bits per heavy atom. The Labute approximate surface area is 144 Å². The summed E-state index contributed by atoms with van der Waals surface area (Å²) in [6, 6.07) is 3.13. The van der Waals surface area contributed by atoms with E-state index in [0.29, 0.717) is 24.1 Å². The summed E-state index contributed by atoms with van der Waals surface area (Å²) >= 11 is 0. The van der Waals surface area contributed by atoms with E-state index in [4.69, 9.17) is 4.42 Å². The SMILES string of the molecule is CC1CC(C)CN(C(C)(C)CNC(=O)NCC(O)c2ccco2)C1. The molecule has 0 bridgehead atoms. The van der Waals surface area contributed by atoms with Crippen LogP contribution < -0.4 is 10.6 Å². The zero-order valence-electron chi connectivity index (χ0n) is 15.2. The van der Waals surface area contributed by atoms with Crippen LogP contribution >= 0.6 is 0 Å². The van der Waals surface area contributed by atoms with E-state index in [9.17, 15) is 9.90 Å². The maximum atomic E-state index is 12.0. The highest BCUT2D eigenvalue weighted by Crippen LogP contribution is 2.26. The second kappa shape index (κ2) is 8.03. The molecular weight excluding hydrogens is 306 g/mol. The van der Waals surface area contributed by atoms with Crippen molar-refractivity contribution in [1.82, 2.24) is 15.5 Å². The molecule has 1 aliphatic rings. The van der Waals surface area contributed by atoms with Gasteiger partial charge in [0.1, 0.15) is 11.9 Å². The Hall–Kier alpha value is -1.53. The molecule has 1 aromatic rings. The average molecular weight is 337 g/mol. The fourth-order valence-corrected chi connectivity index (χ4v) is 3.40. The predicted molar refractivity (Wildman–Crippen MR) is 93.7 cm³/mol. The van der Waals surface area contributed by atoms with Crippen molar-refractivity contribution in [2.75, 3.05) is 26.2 Å². The van der Waals surface area contributed by atoms with Gasteiger partial charge in [0, 0.05) is 25.2 Å². The Balaban J connectivity index is 1.75. The quantitative estimate of drug-likeness (QED) is 0.745. The zero-order valence-corrected chi connectivity index (χ0v) is 15.2. The highest BCUT2D eigenvalue weighted by atomic mass is 16.4. The maximum absolute atomic E-state index is 12.0. The molecule has 136 valence electrons. The third-order valence-electron chi connectivity index (χ3n) is 4.73. The third-order valence-corrected chi connectivity index (χ3v) is 4.73. The minimum Gasteiger partial charge on any atom is -0.467 e. The van der Waals surface area contributed by atoms with Gasteiger partial charge in [-0.05, 0) is 44.2 Å². The first-order valence-corrected chi connectivity index (χ1v) is 8.76. The van der Waals surface area contributed by atoms with Crippen molar-refractivity contribution in [2.45, 2.75) is 45.8 Å². The Morgan fingerprint density at radius 3 is 2.62 bits per heavy atom. The van der Waals surface area contributed by atoms with Crippen LogP contribution in [0.5, 0.6) is 0 Å². The topological polar surface area (TPSA) is 77.7 Å². The summed E-state index contributed by atoms with van der Waals surface area (Å²) in [5.74, 6) is 1.82. The largest absolute Gasteiger partial charge is 0.467 e. The van der Waals surface area contributed by atoms with Gasteiger partial charge >= 0.3 is 6.03 Å². The van der Waals surface area contributed by atoms with Crippen LogP contribution in [0.25, 0.3) is 0 Å². The van der Waals surface area contributed by atoms with Crippen molar-refractivity contribution in [1.29, 1.82) is 0 Å². The summed E-state index contributed by atoms with van der Waals surface area (Å²) in [6.07, 6.45) is 1.94. The number of rotatable bonds is 6. The van der Waals surface area contributed by atoms with E-state index < -0.39 is 6.10 Å². The highest BCUT2D eigenvalue weighted by molar-refractivity contribution is 5.73. The normalized spacial score (nSPS) is 23.7. The molecule has 0 saturated carbocycles. The van der Waals surface area contributed by atoms with Crippen LogP contribution in [0.2, 0.25) is 0 Å². The van der Waals surface area contributed by atoms with Gasteiger partial charge in [0.25, 0.3) is 0 Å². The van der Waals surface area contributed by atoms with Crippen molar-refractivity contribution in [2.24, 2.45) is 11.8 Å². The zero-order chi connectivity index (χ0) is 17.7. The standard InChI is InChI=1S/C18H31N3O3/c1-13-8-14(2)11-21(10-13)18(3,4)12-20-17(23)19-9-15(22)16-6-5-7-24-16/h5-7,13-15,22H,8-12H2,1-4H3,(H2,19,20,23). The van der Waals surface area contributed by atoms with E-state index in [1.165, 1.54) is 12.7 Å². The minimum atomic E-state index is -0.831. The van der Waals surface area contributed by atoms with E-state index in [2.05, 4.69) is 43.2 Å². The van der Waals surface area contributed by atoms with E-state index in [1.54, 1.807) is 12.1 Å². The predicted octanol–water partition coefficient (Wildman–Crippen LogP) is 2.37. The molecule has 2 amide bonds. The second-order valence-electron chi connectivity index (χ2n) is 7.76.